The maximum Gasteiger partial charge on any atom is 0.323 e. The molecule has 4 saturated carbocycles. The fourth-order valence-electron chi connectivity index (χ4n) is 9.43. The van der Waals surface area contributed by atoms with E-state index >= 15 is 0 Å². The number of piperidine rings is 1. The van der Waals surface area contributed by atoms with Crippen LogP contribution in [0.5, 0.6) is 0 Å². The van der Waals surface area contributed by atoms with E-state index in [2.05, 4.69) is 29.2 Å². The summed E-state index contributed by atoms with van der Waals surface area (Å²) in [6, 6.07) is -0.141. The molecular weight excluding hydrogens is 444 g/mol. The number of azide groups is 1. The van der Waals surface area contributed by atoms with Crippen molar-refractivity contribution in [3.63, 3.8) is 0 Å². The number of methoxy groups -OCH3 is 1. The minimum absolute atomic E-state index is 0.0102. The van der Waals surface area contributed by atoms with Crippen molar-refractivity contribution in [2.45, 2.75) is 109 Å². The predicted octanol–water partition coefficient (Wildman–Crippen LogP) is 5.31. The van der Waals surface area contributed by atoms with Gasteiger partial charge in [-0.05, 0) is 111 Å². The van der Waals surface area contributed by atoms with Crippen LogP contribution in [0.1, 0.15) is 90.9 Å². The van der Waals surface area contributed by atoms with Crippen LogP contribution in [0.4, 0.5) is 0 Å². The van der Waals surface area contributed by atoms with Gasteiger partial charge in [0.05, 0.1) is 18.6 Å². The number of nitrogens with zero attached hydrogens (tertiary/aromatic N) is 3. The van der Waals surface area contributed by atoms with Gasteiger partial charge >= 0.3 is 11.9 Å². The number of nitrogens with one attached hydrogen (secondary N) is 1. The highest BCUT2D eigenvalue weighted by Crippen LogP contribution is 2.70. The maximum absolute atomic E-state index is 12.8. The van der Waals surface area contributed by atoms with Crippen molar-refractivity contribution in [2.24, 2.45) is 39.6 Å². The lowest BCUT2D eigenvalue weighted by Gasteiger charge is -2.63. The Balaban J connectivity index is 1.34. The van der Waals surface area contributed by atoms with Gasteiger partial charge in [0.15, 0.2) is 0 Å². The van der Waals surface area contributed by atoms with Gasteiger partial charge in [0.1, 0.15) is 12.1 Å². The average molecular weight is 487 g/mol. The van der Waals surface area contributed by atoms with Gasteiger partial charge in [0, 0.05) is 4.91 Å². The molecule has 0 aromatic heterocycles. The summed E-state index contributed by atoms with van der Waals surface area (Å²) in [5.41, 5.74) is 8.94. The predicted molar refractivity (Wildman–Crippen MR) is 131 cm³/mol. The Kier molecular flexibility index (Phi) is 6.58. The topological polar surface area (TPSA) is 113 Å². The SMILES string of the molecule is COC(=O)[C@H]1CC[C@]2(N=[N+]=[N-])[C@@H]3CC[C@@H]4C[C@@H](OC(=O)C5CCCCN5)CC[C@]4(C)[C@H]3CC[C@]12C. The molecule has 1 heterocycles. The van der Waals surface area contributed by atoms with Crippen LogP contribution in [0.25, 0.3) is 10.4 Å². The fourth-order valence-corrected chi connectivity index (χ4v) is 9.43. The third-order valence-electron chi connectivity index (χ3n) is 11.4. The van der Waals surface area contributed by atoms with E-state index in [1.54, 1.807) is 0 Å². The first kappa shape index (κ1) is 24.9. The molecule has 0 bridgehead atoms. The molecular formula is C27H42N4O4. The summed E-state index contributed by atoms with van der Waals surface area (Å²) < 4.78 is 11.2. The van der Waals surface area contributed by atoms with Gasteiger partial charge in [-0.3, -0.25) is 9.59 Å². The first-order valence-corrected chi connectivity index (χ1v) is 13.9. The van der Waals surface area contributed by atoms with Gasteiger partial charge in [-0.2, -0.15) is 0 Å². The molecule has 35 heavy (non-hydrogen) atoms. The van der Waals surface area contributed by atoms with Crippen LogP contribution in [0.3, 0.4) is 0 Å². The highest BCUT2D eigenvalue weighted by Gasteiger charge is 2.68. The molecule has 4 aliphatic carbocycles. The van der Waals surface area contributed by atoms with Crippen LogP contribution >= 0.6 is 0 Å². The standard InChI is InChI=1S/C27H42N4O4/c1-25-12-9-18(35-24(33)22-6-4-5-15-29-22)16-17(25)7-8-20-19(25)10-13-26(2)21(23(32)34-3)11-14-27(20,26)30-31-28/h17-22,29H,4-16H2,1-3H3/t17-,18+,19+,20-,21-,22?,25+,26-,27+/m1/s1. The molecule has 0 aromatic carbocycles. The molecule has 8 nitrogen and oxygen atoms in total. The van der Waals surface area contributed by atoms with Crippen molar-refractivity contribution < 1.29 is 19.1 Å². The molecule has 5 rings (SSSR count). The zero-order valence-corrected chi connectivity index (χ0v) is 21.6. The monoisotopic (exact) mass is 486 g/mol. The van der Waals surface area contributed by atoms with Gasteiger partial charge in [0.2, 0.25) is 0 Å². The normalized spacial score (nSPS) is 46.8. The Bertz CT molecular complexity index is 900. The van der Waals surface area contributed by atoms with Crippen LogP contribution in [0.15, 0.2) is 5.11 Å². The molecule has 194 valence electrons. The molecule has 0 aromatic rings. The number of carbonyl (C=O) groups is 2. The Morgan fingerprint density at radius 1 is 0.971 bits per heavy atom. The second kappa shape index (κ2) is 9.26. The lowest BCUT2D eigenvalue weighted by atomic mass is 9.42. The van der Waals surface area contributed by atoms with E-state index in [1.165, 1.54) is 7.11 Å². The molecule has 1 saturated heterocycles. The molecule has 1 aliphatic heterocycles. The van der Waals surface area contributed by atoms with Gasteiger partial charge < -0.3 is 14.8 Å². The summed E-state index contributed by atoms with van der Waals surface area (Å²) in [7, 11) is 1.46. The van der Waals surface area contributed by atoms with Crippen LogP contribution in [0, 0.1) is 34.5 Å². The lowest BCUT2D eigenvalue weighted by molar-refractivity contribution is -0.170. The molecule has 0 amide bonds. The van der Waals surface area contributed by atoms with Gasteiger partial charge in [0.25, 0.3) is 0 Å². The first-order valence-electron chi connectivity index (χ1n) is 13.9. The van der Waals surface area contributed by atoms with Crippen LogP contribution < -0.4 is 5.32 Å². The summed E-state index contributed by atoms with van der Waals surface area (Å²) in [6.07, 6.45) is 11.5. The number of carbonyl (C=O) groups excluding carboxylic acids is 2. The molecule has 5 fully saturated rings. The highest BCUT2D eigenvalue weighted by atomic mass is 16.5. The molecule has 0 spiro atoms. The van der Waals surface area contributed by atoms with E-state index in [1.807, 2.05) is 0 Å². The van der Waals surface area contributed by atoms with E-state index in [0.29, 0.717) is 17.8 Å². The van der Waals surface area contributed by atoms with Gasteiger partial charge in [-0.1, -0.05) is 25.4 Å². The van der Waals surface area contributed by atoms with E-state index in [4.69, 9.17) is 9.47 Å². The summed E-state index contributed by atoms with van der Waals surface area (Å²) in [6.45, 7) is 5.52. The van der Waals surface area contributed by atoms with E-state index in [9.17, 15) is 15.1 Å². The van der Waals surface area contributed by atoms with Crippen molar-refractivity contribution >= 4 is 11.9 Å². The van der Waals surface area contributed by atoms with Crippen LogP contribution in [0.2, 0.25) is 0 Å². The second-order valence-corrected chi connectivity index (χ2v) is 12.5. The van der Waals surface area contributed by atoms with Crippen LogP contribution in [-0.4, -0.2) is 43.3 Å². The van der Waals surface area contributed by atoms with Crippen LogP contribution in [-0.2, 0) is 19.1 Å². The Hall–Kier alpha value is -1.79. The molecule has 9 atom stereocenters. The third-order valence-corrected chi connectivity index (χ3v) is 11.4. The highest BCUT2D eigenvalue weighted by molar-refractivity contribution is 5.76. The fraction of sp³-hybridized carbons (Fsp3) is 0.926. The smallest absolute Gasteiger partial charge is 0.323 e. The number of fused-ring (bicyclic) bond motifs is 5. The van der Waals surface area contributed by atoms with Crippen molar-refractivity contribution in [2.75, 3.05) is 13.7 Å². The van der Waals surface area contributed by atoms with E-state index in [0.717, 1.165) is 83.6 Å². The minimum atomic E-state index is -0.520. The van der Waals surface area contributed by atoms with E-state index in [-0.39, 0.29) is 40.8 Å². The number of hydrogen-bond acceptors (Lipinski definition) is 6. The van der Waals surface area contributed by atoms with Gasteiger partial charge in [-0.15, -0.1) is 0 Å². The number of rotatable bonds is 4. The van der Waals surface area contributed by atoms with Crippen molar-refractivity contribution in [3.8, 4) is 0 Å². The van der Waals surface area contributed by atoms with Crippen molar-refractivity contribution in [3.05, 3.63) is 10.4 Å². The summed E-state index contributed by atoms with van der Waals surface area (Å²) >= 11 is 0. The van der Waals surface area contributed by atoms with Crippen molar-refractivity contribution in [1.29, 1.82) is 0 Å². The minimum Gasteiger partial charge on any atom is -0.469 e. The Labute approximate surface area is 208 Å². The van der Waals surface area contributed by atoms with Gasteiger partial charge in [-0.25, -0.2) is 0 Å². The molecule has 5 aliphatic rings. The lowest BCUT2D eigenvalue weighted by Crippen LogP contribution is -2.62. The number of esters is 2. The third kappa shape index (κ3) is 3.78. The van der Waals surface area contributed by atoms with E-state index < -0.39 is 5.54 Å². The largest absolute Gasteiger partial charge is 0.469 e. The summed E-state index contributed by atoms with van der Waals surface area (Å²) in [5, 5.41) is 7.89. The Morgan fingerprint density at radius 2 is 1.80 bits per heavy atom. The number of hydrogen-bond donors (Lipinski definition) is 1. The zero-order chi connectivity index (χ0) is 24.8. The molecule has 8 heteroatoms. The average Bonchev–Trinajstić information content (AvgIpc) is 3.17. The number of ether oxygens (including phenoxy) is 2. The second-order valence-electron chi connectivity index (χ2n) is 12.5. The maximum atomic E-state index is 12.8. The first-order chi connectivity index (χ1) is 16.8. The molecule has 1 N–H and O–H groups in total. The van der Waals surface area contributed by atoms with Crippen molar-refractivity contribution in [1.82, 2.24) is 5.32 Å². The summed E-state index contributed by atoms with van der Waals surface area (Å²) in [5.74, 6) is 0.845. The summed E-state index contributed by atoms with van der Waals surface area (Å²) in [4.78, 5) is 28.8. The molecule has 0 radical (unpaired) electrons. The molecule has 1 unspecified atom stereocenters. The Morgan fingerprint density at radius 3 is 2.51 bits per heavy atom. The zero-order valence-electron chi connectivity index (χ0n) is 21.6. The quantitative estimate of drug-likeness (QED) is 0.250.